The zero-order valence-corrected chi connectivity index (χ0v) is 14.0. The number of halogens is 3. The van der Waals surface area contributed by atoms with Gasteiger partial charge in [-0.2, -0.15) is 13.2 Å². The third kappa shape index (κ3) is 4.56. The fraction of sp³-hybridized carbons (Fsp3) is 0.438. The molecule has 0 saturated carbocycles. The lowest BCUT2D eigenvalue weighted by Crippen LogP contribution is -2.27. The van der Waals surface area contributed by atoms with E-state index in [0.29, 0.717) is 18.3 Å². The van der Waals surface area contributed by atoms with Crippen LogP contribution in [0.3, 0.4) is 0 Å². The Bertz CT molecular complexity index is 764. The van der Waals surface area contributed by atoms with Crippen molar-refractivity contribution in [1.82, 2.24) is 15.2 Å². The number of anilines is 1. The molecule has 136 valence electrons. The molecule has 0 spiro atoms. The lowest BCUT2D eigenvalue weighted by molar-refractivity contribution is -0.137. The summed E-state index contributed by atoms with van der Waals surface area (Å²) in [5.41, 5.74) is -0.612. The fourth-order valence-electron chi connectivity index (χ4n) is 2.01. The number of alkyl halides is 3. The van der Waals surface area contributed by atoms with Gasteiger partial charge in [0, 0.05) is 24.1 Å². The summed E-state index contributed by atoms with van der Waals surface area (Å²) in [6.07, 6.45) is -4.54. The molecule has 25 heavy (non-hydrogen) atoms. The van der Waals surface area contributed by atoms with Crippen LogP contribution in [0.2, 0.25) is 0 Å². The number of aromatic nitrogens is 3. The Kier molecular flexibility index (Phi) is 5.17. The zero-order valence-electron chi connectivity index (χ0n) is 14.0. The van der Waals surface area contributed by atoms with Crippen molar-refractivity contribution >= 4 is 5.95 Å². The Balaban J connectivity index is 2.27. The number of phenols is 1. The molecule has 0 amide bonds. The number of rotatable bonds is 5. The van der Waals surface area contributed by atoms with Crippen LogP contribution >= 0.6 is 0 Å². The van der Waals surface area contributed by atoms with E-state index in [-0.39, 0.29) is 29.2 Å². The van der Waals surface area contributed by atoms with Gasteiger partial charge in [0.1, 0.15) is 11.4 Å². The van der Waals surface area contributed by atoms with E-state index in [1.54, 1.807) is 6.92 Å². The van der Waals surface area contributed by atoms with Gasteiger partial charge in [0.25, 0.3) is 0 Å². The maximum atomic E-state index is 12.7. The Morgan fingerprint density at radius 2 is 1.84 bits per heavy atom. The van der Waals surface area contributed by atoms with Crippen molar-refractivity contribution in [2.24, 2.45) is 5.41 Å². The summed E-state index contributed by atoms with van der Waals surface area (Å²) in [7, 11) is 0. The topological polar surface area (TPSA) is 91.2 Å². The van der Waals surface area contributed by atoms with Gasteiger partial charge < -0.3 is 15.5 Å². The second kappa shape index (κ2) is 6.83. The number of hydrogen-bond donors (Lipinski definition) is 3. The standard InChI is InChI=1S/C16H19F3N4O2/c1-9-13(11-5-4-10(6-12(11)25)16(17,18)19)22-23-14(21-9)20-7-15(2,3)8-24/h4-6,24-25H,7-8H2,1-3H3,(H,20,21,23). The van der Waals surface area contributed by atoms with E-state index in [0.717, 1.165) is 12.1 Å². The maximum absolute atomic E-state index is 12.7. The van der Waals surface area contributed by atoms with Gasteiger partial charge in [-0.25, -0.2) is 4.98 Å². The minimum Gasteiger partial charge on any atom is -0.507 e. The normalized spacial score (nSPS) is 12.3. The molecule has 0 bridgehead atoms. The van der Waals surface area contributed by atoms with Crippen molar-refractivity contribution in [2.45, 2.75) is 26.9 Å². The summed E-state index contributed by atoms with van der Waals surface area (Å²) in [4.78, 5) is 4.20. The molecule has 0 unspecified atom stereocenters. The molecule has 3 N–H and O–H groups in total. The van der Waals surface area contributed by atoms with Gasteiger partial charge in [-0.3, -0.25) is 0 Å². The number of nitrogens with one attached hydrogen (secondary N) is 1. The van der Waals surface area contributed by atoms with E-state index < -0.39 is 17.5 Å². The van der Waals surface area contributed by atoms with E-state index in [2.05, 4.69) is 20.5 Å². The van der Waals surface area contributed by atoms with Crippen molar-refractivity contribution in [3.63, 3.8) is 0 Å². The van der Waals surface area contributed by atoms with Crippen molar-refractivity contribution in [1.29, 1.82) is 0 Å². The molecule has 0 aliphatic rings. The molecule has 6 nitrogen and oxygen atoms in total. The van der Waals surface area contributed by atoms with Crippen molar-refractivity contribution in [3.05, 3.63) is 29.5 Å². The number of nitrogens with zero attached hydrogens (tertiary/aromatic N) is 3. The number of aromatic hydroxyl groups is 1. The Hall–Kier alpha value is -2.42. The highest BCUT2D eigenvalue weighted by Gasteiger charge is 2.31. The first-order chi connectivity index (χ1) is 11.5. The molecule has 0 aliphatic heterocycles. The van der Waals surface area contributed by atoms with Crippen LogP contribution in [-0.2, 0) is 6.18 Å². The number of benzene rings is 1. The van der Waals surface area contributed by atoms with Crippen molar-refractivity contribution in [2.75, 3.05) is 18.5 Å². The molecule has 2 aromatic rings. The second-order valence-electron chi connectivity index (χ2n) is 6.47. The van der Waals surface area contributed by atoms with Crippen molar-refractivity contribution in [3.8, 4) is 17.0 Å². The van der Waals surface area contributed by atoms with Gasteiger partial charge in [-0.15, -0.1) is 10.2 Å². The quantitative estimate of drug-likeness (QED) is 0.763. The number of hydrogen-bond acceptors (Lipinski definition) is 6. The Morgan fingerprint density at radius 3 is 2.36 bits per heavy atom. The first kappa shape index (κ1) is 18.9. The zero-order chi connectivity index (χ0) is 18.8. The van der Waals surface area contributed by atoms with E-state index in [1.165, 1.54) is 0 Å². The monoisotopic (exact) mass is 356 g/mol. The highest BCUT2D eigenvalue weighted by Crippen LogP contribution is 2.36. The van der Waals surface area contributed by atoms with Crippen LogP contribution in [-0.4, -0.2) is 38.5 Å². The van der Waals surface area contributed by atoms with E-state index in [4.69, 9.17) is 0 Å². The average molecular weight is 356 g/mol. The second-order valence-corrected chi connectivity index (χ2v) is 6.47. The lowest BCUT2D eigenvalue weighted by atomic mass is 9.95. The van der Waals surface area contributed by atoms with Crippen LogP contribution < -0.4 is 5.32 Å². The van der Waals surface area contributed by atoms with Crippen LogP contribution in [0.1, 0.15) is 25.1 Å². The minimum atomic E-state index is -4.54. The molecule has 1 heterocycles. The molecule has 2 rings (SSSR count). The molecular formula is C16H19F3N4O2. The summed E-state index contributed by atoms with van der Waals surface area (Å²) in [6, 6.07) is 2.65. The first-order valence-electron chi connectivity index (χ1n) is 7.50. The molecule has 0 saturated heterocycles. The summed E-state index contributed by atoms with van der Waals surface area (Å²) in [6.45, 7) is 5.71. The first-order valence-corrected chi connectivity index (χ1v) is 7.50. The smallest absolute Gasteiger partial charge is 0.416 e. The van der Waals surface area contributed by atoms with Crippen LogP contribution in [0, 0.1) is 12.3 Å². The molecule has 0 atom stereocenters. The Labute approximate surface area is 142 Å². The molecule has 0 radical (unpaired) electrons. The molecular weight excluding hydrogens is 337 g/mol. The van der Waals surface area contributed by atoms with Gasteiger partial charge in [-0.1, -0.05) is 13.8 Å². The minimum absolute atomic E-state index is 0.0239. The molecule has 0 fully saturated rings. The highest BCUT2D eigenvalue weighted by atomic mass is 19.4. The third-order valence-corrected chi connectivity index (χ3v) is 3.59. The molecule has 1 aromatic heterocycles. The van der Waals surface area contributed by atoms with Crippen LogP contribution in [0.5, 0.6) is 5.75 Å². The molecule has 0 aliphatic carbocycles. The van der Waals surface area contributed by atoms with Crippen LogP contribution in [0.4, 0.5) is 19.1 Å². The summed E-state index contributed by atoms with van der Waals surface area (Å²) in [5.74, 6) is -0.315. The van der Waals surface area contributed by atoms with Gasteiger partial charge in [0.2, 0.25) is 5.95 Å². The van der Waals surface area contributed by atoms with Gasteiger partial charge in [0.15, 0.2) is 0 Å². The largest absolute Gasteiger partial charge is 0.507 e. The SMILES string of the molecule is Cc1nc(NCC(C)(C)CO)nnc1-c1ccc(C(F)(F)F)cc1O. The fourth-order valence-corrected chi connectivity index (χ4v) is 2.01. The van der Waals surface area contributed by atoms with Crippen LogP contribution in [0.15, 0.2) is 18.2 Å². The average Bonchev–Trinajstić information content (AvgIpc) is 2.53. The van der Waals surface area contributed by atoms with Gasteiger partial charge in [-0.05, 0) is 25.1 Å². The van der Waals surface area contributed by atoms with E-state index >= 15 is 0 Å². The third-order valence-electron chi connectivity index (χ3n) is 3.59. The van der Waals surface area contributed by atoms with E-state index in [1.807, 2.05) is 13.8 Å². The lowest BCUT2D eigenvalue weighted by Gasteiger charge is -2.21. The highest BCUT2D eigenvalue weighted by molar-refractivity contribution is 5.69. The van der Waals surface area contributed by atoms with Crippen molar-refractivity contribution < 1.29 is 23.4 Å². The summed E-state index contributed by atoms with van der Waals surface area (Å²) < 4.78 is 38.0. The predicted molar refractivity (Wildman–Crippen MR) is 86.0 cm³/mol. The Morgan fingerprint density at radius 1 is 1.16 bits per heavy atom. The van der Waals surface area contributed by atoms with Crippen LogP contribution in [0.25, 0.3) is 11.3 Å². The number of phenolic OH excluding ortho intramolecular Hbond substituents is 1. The van der Waals surface area contributed by atoms with Gasteiger partial charge in [0.05, 0.1) is 11.3 Å². The number of aliphatic hydroxyl groups excluding tert-OH is 1. The summed E-state index contributed by atoms with van der Waals surface area (Å²) in [5, 5.41) is 29.9. The number of aryl methyl sites for hydroxylation is 1. The number of aliphatic hydroxyl groups is 1. The predicted octanol–water partition coefficient (Wildman–Crippen LogP) is 3.00. The van der Waals surface area contributed by atoms with E-state index in [9.17, 15) is 23.4 Å². The molecule has 9 heteroatoms. The van der Waals surface area contributed by atoms with Gasteiger partial charge >= 0.3 is 6.18 Å². The molecule has 1 aromatic carbocycles. The summed E-state index contributed by atoms with van der Waals surface area (Å²) >= 11 is 0. The maximum Gasteiger partial charge on any atom is 0.416 e.